The largest absolute Gasteiger partial charge is 0.493 e. The summed E-state index contributed by atoms with van der Waals surface area (Å²) >= 11 is 0. The molecule has 1 aliphatic heterocycles. The maximum atomic E-state index is 12.9. The minimum absolute atomic E-state index is 0.0725. The van der Waals surface area contributed by atoms with E-state index in [0.29, 0.717) is 35.7 Å². The van der Waals surface area contributed by atoms with E-state index >= 15 is 0 Å². The predicted molar refractivity (Wildman–Crippen MR) is 110 cm³/mol. The van der Waals surface area contributed by atoms with E-state index in [2.05, 4.69) is 5.32 Å². The van der Waals surface area contributed by atoms with Crippen molar-refractivity contribution >= 4 is 11.8 Å². The number of rotatable bonds is 7. The molecule has 0 spiro atoms. The molecule has 156 valence electrons. The fraction of sp³-hybridized carbons (Fsp3) is 0.478. The van der Waals surface area contributed by atoms with Gasteiger partial charge in [0.1, 0.15) is 0 Å². The summed E-state index contributed by atoms with van der Waals surface area (Å²) in [6.07, 6.45) is 2.98. The van der Waals surface area contributed by atoms with Gasteiger partial charge in [-0.3, -0.25) is 4.79 Å². The van der Waals surface area contributed by atoms with Crippen molar-refractivity contribution in [3.63, 3.8) is 0 Å². The molecule has 1 heterocycles. The van der Waals surface area contributed by atoms with Crippen molar-refractivity contribution in [2.24, 2.45) is 0 Å². The third kappa shape index (κ3) is 4.16. The predicted octanol–water partition coefficient (Wildman–Crippen LogP) is 4.02. The number of Topliss-reactive ketones (excluding diaryl/α,β-unsaturated/α-hetero) is 1. The van der Waals surface area contributed by atoms with Gasteiger partial charge < -0.3 is 19.5 Å². The van der Waals surface area contributed by atoms with E-state index in [4.69, 9.17) is 14.2 Å². The minimum Gasteiger partial charge on any atom is -0.493 e. The SMILES string of the molecule is CCCOc1ccc(C2C(C(=O)OCC)=C(C)NC3=C2C(=O)CCC3)cc1OC. The van der Waals surface area contributed by atoms with Crippen molar-refractivity contribution in [2.75, 3.05) is 20.3 Å². The van der Waals surface area contributed by atoms with Gasteiger partial charge in [0, 0.05) is 29.3 Å². The number of carbonyl (C=O) groups is 2. The van der Waals surface area contributed by atoms with E-state index in [1.165, 1.54) is 0 Å². The van der Waals surface area contributed by atoms with Gasteiger partial charge in [-0.25, -0.2) is 4.79 Å². The lowest BCUT2D eigenvalue weighted by Crippen LogP contribution is -2.34. The first-order valence-corrected chi connectivity index (χ1v) is 10.2. The third-order valence-electron chi connectivity index (χ3n) is 5.25. The monoisotopic (exact) mass is 399 g/mol. The molecular weight excluding hydrogens is 370 g/mol. The lowest BCUT2D eigenvalue weighted by Gasteiger charge is -2.34. The summed E-state index contributed by atoms with van der Waals surface area (Å²) in [6.45, 7) is 6.54. The van der Waals surface area contributed by atoms with Gasteiger partial charge in [-0.05, 0) is 50.8 Å². The minimum atomic E-state index is -0.479. The fourth-order valence-electron chi connectivity index (χ4n) is 3.99. The molecule has 0 amide bonds. The van der Waals surface area contributed by atoms with Gasteiger partial charge in [-0.15, -0.1) is 0 Å². The van der Waals surface area contributed by atoms with Gasteiger partial charge in [0.15, 0.2) is 17.3 Å². The van der Waals surface area contributed by atoms with Gasteiger partial charge in [0.05, 0.1) is 25.9 Å². The second-order valence-corrected chi connectivity index (χ2v) is 7.24. The lowest BCUT2D eigenvalue weighted by molar-refractivity contribution is -0.138. The molecule has 0 bridgehead atoms. The zero-order valence-electron chi connectivity index (χ0n) is 17.6. The Bertz CT molecular complexity index is 868. The Morgan fingerprint density at radius 3 is 2.69 bits per heavy atom. The maximum Gasteiger partial charge on any atom is 0.336 e. The number of ketones is 1. The van der Waals surface area contributed by atoms with Crippen LogP contribution in [0.1, 0.15) is 57.9 Å². The van der Waals surface area contributed by atoms with E-state index < -0.39 is 11.9 Å². The quantitative estimate of drug-likeness (QED) is 0.698. The van der Waals surface area contributed by atoms with Crippen molar-refractivity contribution in [1.82, 2.24) is 5.32 Å². The molecule has 6 nitrogen and oxygen atoms in total. The van der Waals surface area contributed by atoms with E-state index in [1.54, 1.807) is 14.0 Å². The standard InChI is InChI=1S/C23H29NO5/c1-5-12-29-18-11-10-15(13-19(18)27-4)21-20(23(26)28-6-2)14(3)24-16-8-7-9-17(25)22(16)21/h10-11,13,21,24H,5-9,12H2,1-4H3. The zero-order valence-corrected chi connectivity index (χ0v) is 17.6. The number of hydrogen-bond donors (Lipinski definition) is 1. The van der Waals surface area contributed by atoms with Crippen LogP contribution in [0.4, 0.5) is 0 Å². The molecule has 1 aromatic rings. The second kappa shape index (κ2) is 9.16. The Labute approximate surface area is 171 Å². The van der Waals surface area contributed by atoms with Crippen LogP contribution in [-0.2, 0) is 14.3 Å². The molecule has 2 aliphatic rings. The normalized spacial score (nSPS) is 18.9. The molecule has 1 N–H and O–H groups in total. The highest BCUT2D eigenvalue weighted by molar-refractivity contribution is 6.03. The summed E-state index contributed by atoms with van der Waals surface area (Å²) < 4.78 is 16.6. The molecule has 29 heavy (non-hydrogen) atoms. The Morgan fingerprint density at radius 2 is 2.00 bits per heavy atom. The molecule has 1 aromatic carbocycles. The molecule has 0 saturated carbocycles. The van der Waals surface area contributed by atoms with Crippen LogP contribution in [0.2, 0.25) is 0 Å². The number of carbonyl (C=O) groups excluding carboxylic acids is 2. The van der Waals surface area contributed by atoms with Crippen LogP contribution < -0.4 is 14.8 Å². The molecule has 0 saturated heterocycles. The summed E-state index contributed by atoms with van der Waals surface area (Å²) in [5, 5.41) is 3.29. The molecule has 0 fully saturated rings. The molecule has 1 unspecified atom stereocenters. The Kier molecular flexibility index (Phi) is 6.62. The van der Waals surface area contributed by atoms with Gasteiger partial charge in [-0.1, -0.05) is 13.0 Å². The average Bonchev–Trinajstić information content (AvgIpc) is 2.71. The molecular formula is C23H29NO5. The van der Waals surface area contributed by atoms with Crippen molar-refractivity contribution in [3.05, 3.63) is 46.3 Å². The molecule has 0 aromatic heterocycles. The molecule has 3 rings (SSSR count). The third-order valence-corrected chi connectivity index (χ3v) is 5.25. The lowest BCUT2D eigenvalue weighted by atomic mass is 9.75. The Balaban J connectivity index is 2.12. The number of dihydropyridines is 1. The topological polar surface area (TPSA) is 73.9 Å². The summed E-state index contributed by atoms with van der Waals surface area (Å²) in [5.41, 5.74) is 3.59. The van der Waals surface area contributed by atoms with Crippen LogP contribution >= 0.6 is 0 Å². The maximum absolute atomic E-state index is 12.9. The van der Waals surface area contributed by atoms with Crippen LogP contribution in [0, 0.1) is 0 Å². The summed E-state index contributed by atoms with van der Waals surface area (Å²) in [5.74, 6) is 0.420. The summed E-state index contributed by atoms with van der Waals surface area (Å²) in [7, 11) is 1.59. The first-order valence-electron chi connectivity index (χ1n) is 10.2. The van der Waals surface area contributed by atoms with Crippen LogP contribution in [-0.4, -0.2) is 32.1 Å². The van der Waals surface area contributed by atoms with Crippen LogP contribution in [0.5, 0.6) is 11.5 Å². The second-order valence-electron chi connectivity index (χ2n) is 7.24. The van der Waals surface area contributed by atoms with Gasteiger partial charge in [-0.2, -0.15) is 0 Å². The number of esters is 1. The fourth-order valence-corrected chi connectivity index (χ4v) is 3.99. The average molecular weight is 399 g/mol. The summed E-state index contributed by atoms with van der Waals surface area (Å²) in [4.78, 5) is 25.7. The van der Waals surface area contributed by atoms with E-state index in [0.717, 1.165) is 36.2 Å². The van der Waals surface area contributed by atoms with Crippen molar-refractivity contribution in [3.8, 4) is 11.5 Å². The first-order chi connectivity index (χ1) is 14.0. The van der Waals surface area contributed by atoms with Crippen LogP contribution in [0.15, 0.2) is 40.7 Å². The van der Waals surface area contributed by atoms with E-state index in [1.807, 2.05) is 32.0 Å². The van der Waals surface area contributed by atoms with Gasteiger partial charge in [0.25, 0.3) is 0 Å². The highest BCUT2D eigenvalue weighted by Gasteiger charge is 2.39. The number of hydrogen-bond acceptors (Lipinski definition) is 6. The Hall–Kier alpha value is -2.76. The van der Waals surface area contributed by atoms with Gasteiger partial charge in [0.2, 0.25) is 0 Å². The van der Waals surface area contributed by atoms with E-state index in [9.17, 15) is 9.59 Å². The van der Waals surface area contributed by atoms with Crippen LogP contribution in [0.3, 0.4) is 0 Å². The van der Waals surface area contributed by atoms with Crippen LogP contribution in [0.25, 0.3) is 0 Å². The molecule has 1 atom stereocenters. The number of methoxy groups -OCH3 is 1. The van der Waals surface area contributed by atoms with Crippen molar-refractivity contribution in [1.29, 1.82) is 0 Å². The highest BCUT2D eigenvalue weighted by atomic mass is 16.5. The highest BCUT2D eigenvalue weighted by Crippen LogP contribution is 2.44. The first kappa shape index (κ1) is 21.0. The number of ether oxygens (including phenoxy) is 3. The van der Waals surface area contributed by atoms with Crippen molar-refractivity contribution < 1.29 is 23.8 Å². The van der Waals surface area contributed by atoms with E-state index in [-0.39, 0.29) is 12.4 Å². The van der Waals surface area contributed by atoms with Gasteiger partial charge >= 0.3 is 5.97 Å². The Morgan fingerprint density at radius 1 is 1.21 bits per heavy atom. The number of benzene rings is 1. The number of nitrogens with one attached hydrogen (secondary N) is 1. The zero-order chi connectivity index (χ0) is 21.0. The molecule has 6 heteroatoms. The summed E-state index contributed by atoms with van der Waals surface area (Å²) in [6, 6.07) is 5.61. The smallest absolute Gasteiger partial charge is 0.336 e. The number of allylic oxidation sites excluding steroid dienone is 3. The molecule has 0 radical (unpaired) electrons. The van der Waals surface area contributed by atoms with Crippen molar-refractivity contribution in [2.45, 2.75) is 52.4 Å². The molecule has 1 aliphatic carbocycles.